The van der Waals surface area contributed by atoms with Crippen LogP contribution in [0.15, 0.2) is 18.3 Å². The summed E-state index contributed by atoms with van der Waals surface area (Å²) < 4.78 is 22.2. The number of aliphatic carboxylic acids is 1. The second kappa shape index (κ2) is 4.44. The summed E-state index contributed by atoms with van der Waals surface area (Å²) in [5.41, 5.74) is 1.12. The van der Waals surface area contributed by atoms with Crippen LogP contribution in [0.5, 0.6) is 0 Å². The molecule has 1 heterocycles. The van der Waals surface area contributed by atoms with Gasteiger partial charge in [0.25, 0.3) is 0 Å². The highest BCUT2D eigenvalue weighted by molar-refractivity contribution is 7.92. The zero-order valence-electron chi connectivity index (χ0n) is 9.97. The number of carboxylic acids is 1. The Labute approximate surface area is 100 Å². The Morgan fingerprint density at radius 2 is 2.06 bits per heavy atom. The highest BCUT2D eigenvalue weighted by atomic mass is 32.2. The maximum atomic E-state index is 12.0. The first kappa shape index (κ1) is 13.6. The number of nitrogens with zero attached hydrogens (tertiary/aromatic N) is 1. The van der Waals surface area contributed by atoms with Crippen molar-refractivity contribution in [1.82, 2.24) is 4.98 Å². The first-order valence-corrected chi connectivity index (χ1v) is 6.70. The molecule has 17 heavy (non-hydrogen) atoms. The van der Waals surface area contributed by atoms with Crippen LogP contribution in [-0.2, 0) is 20.4 Å². The van der Waals surface area contributed by atoms with E-state index in [0.717, 1.165) is 5.56 Å². The predicted molar refractivity (Wildman–Crippen MR) is 63.3 cm³/mol. The Morgan fingerprint density at radius 1 is 1.47 bits per heavy atom. The van der Waals surface area contributed by atoms with E-state index >= 15 is 0 Å². The molecule has 0 aromatic carbocycles. The fourth-order valence-electron chi connectivity index (χ4n) is 1.16. The van der Waals surface area contributed by atoms with Crippen molar-refractivity contribution in [1.29, 1.82) is 0 Å². The minimum atomic E-state index is -3.80. The predicted octanol–water partition coefficient (Wildman–Crippen LogP) is 1.17. The minimum Gasteiger partial charge on any atom is -0.480 e. The molecule has 0 saturated carbocycles. The Hall–Kier alpha value is -1.43. The van der Waals surface area contributed by atoms with Gasteiger partial charge in [0.15, 0.2) is 14.6 Å². The molecule has 0 spiro atoms. The molecule has 0 fully saturated rings. The van der Waals surface area contributed by atoms with Crippen molar-refractivity contribution in [3.05, 3.63) is 29.6 Å². The van der Waals surface area contributed by atoms with E-state index in [4.69, 9.17) is 5.11 Å². The number of aromatic nitrogens is 1. The molecule has 0 aliphatic heterocycles. The standard InChI is InChI=1S/C11H15NO4S/c1-8-5-4-6-12-9(8)7-17(15,16)11(2,3)10(13)14/h4-6H,7H2,1-3H3,(H,13,14). The highest BCUT2D eigenvalue weighted by Crippen LogP contribution is 2.22. The molecule has 0 amide bonds. The topological polar surface area (TPSA) is 84.3 Å². The van der Waals surface area contributed by atoms with Crippen molar-refractivity contribution in [2.24, 2.45) is 0 Å². The molecule has 0 saturated heterocycles. The molecule has 0 atom stereocenters. The van der Waals surface area contributed by atoms with Gasteiger partial charge in [-0.05, 0) is 32.4 Å². The summed E-state index contributed by atoms with van der Waals surface area (Å²) in [6, 6.07) is 3.44. The van der Waals surface area contributed by atoms with Gasteiger partial charge in [0.05, 0.1) is 11.4 Å². The van der Waals surface area contributed by atoms with E-state index < -0.39 is 20.6 Å². The van der Waals surface area contributed by atoms with Crippen molar-refractivity contribution >= 4 is 15.8 Å². The van der Waals surface area contributed by atoms with Crippen molar-refractivity contribution in [2.45, 2.75) is 31.3 Å². The van der Waals surface area contributed by atoms with Gasteiger partial charge in [0.1, 0.15) is 0 Å². The average Bonchev–Trinajstić information content (AvgIpc) is 2.20. The number of hydrogen-bond acceptors (Lipinski definition) is 4. The third-order valence-corrected chi connectivity index (χ3v) is 5.12. The summed E-state index contributed by atoms with van der Waals surface area (Å²) in [4.78, 5) is 14.9. The van der Waals surface area contributed by atoms with Gasteiger partial charge >= 0.3 is 5.97 Å². The van der Waals surface area contributed by atoms with E-state index in [9.17, 15) is 13.2 Å². The van der Waals surface area contributed by atoms with Crippen molar-refractivity contribution in [3.63, 3.8) is 0 Å². The number of rotatable bonds is 4. The molecule has 0 bridgehead atoms. The van der Waals surface area contributed by atoms with E-state index in [1.807, 2.05) is 0 Å². The molecule has 0 unspecified atom stereocenters. The number of carbonyl (C=O) groups is 1. The van der Waals surface area contributed by atoms with Crippen LogP contribution in [-0.4, -0.2) is 29.2 Å². The van der Waals surface area contributed by atoms with Crippen molar-refractivity contribution in [3.8, 4) is 0 Å². The van der Waals surface area contributed by atoms with Crippen molar-refractivity contribution < 1.29 is 18.3 Å². The van der Waals surface area contributed by atoms with Crippen LogP contribution in [0, 0.1) is 6.92 Å². The van der Waals surface area contributed by atoms with Crippen LogP contribution < -0.4 is 0 Å². The van der Waals surface area contributed by atoms with Crippen LogP contribution in [0.1, 0.15) is 25.1 Å². The van der Waals surface area contributed by atoms with Crippen LogP contribution in [0.3, 0.4) is 0 Å². The molecule has 1 aromatic rings. The largest absolute Gasteiger partial charge is 0.480 e. The summed E-state index contributed by atoms with van der Waals surface area (Å²) in [7, 11) is -3.80. The van der Waals surface area contributed by atoms with E-state index in [1.165, 1.54) is 20.0 Å². The Balaban J connectivity index is 3.12. The smallest absolute Gasteiger partial charge is 0.324 e. The van der Waals surface area contributed by atoms with Gasteiger partial charge in [0, 0.05) is 6.20 Å². The summed E-state index contributed by atoms with van der Waals surface area (Å²) in [6.07, 6.45) is 1.49. The lowest BCUT2D eigenvalue weighted by molar-refractivity contribution is -0.139. The summed E-state index contributed by atoms with van der Waals surface area (Å²) in [5.74, 6) is -1.72. The average molecular weight is 257 g/mol. The number of hydrogen-bond donors (Lipinski definition) is 1. The molecule has 5 nitrogen and oxygen atoms in total. The Kier molecular flexibility index (Phi) is 3.56. The lowest BCUT2D eigenvalue weighted by Gasteiger charge is -2.19. The lowest BCUT2D eigenvalue weighted by Crippen LogP contribution is -2.41. The second-order valence-corrected chi connectivity index (χ2v) is 6.88. The van der Waals surface area contributed by atoms with Gasteiger partial charge in [-0.2, -0.15) is 0 Å². The van der Waals surface area contributed by atoms with Crippen LogP contribution >= 0.6 is 0 Å². The van der Waals surface area contributed by atoms with Gasteiger partial charge in [0.2, 0.25) is 0 Å². The fourth-order valence-corrected chi connectivity index (χ4v) is 2.45. The SMILES string of the molecule is Cc1cccnc1CS(=O)(=O)C(C)(C)C(=O)O. The zero-order valence-corrected chi connectivity index (χ0v) is 10.8. The normalized spacial score (nSPS) is 12.4. The lowest BCUT2D eigenvalue weighted by atomic mass is 10.2. The van der Waals surface area contributed by atoms with Crippen LogP contribution in [0.4, 0.5) is 0 Å². The van der Waals surface area contributed by atoms with Crippen LogP contribution in [0.25, 0.3) is 0 Å². The molecule has 0 aliphatic rings. The maximum absolute atomic E-state index is 12.0. The first-order valence-electron chi connectivity index (χ1n) is 5.04. The Morgan fingerprint density at radius 3 is 2.53 bits per heavy atom. The molecular weight excluding hydrogens is 242 g/mol. The molecule has 1 N–H and O–H groups in total. The van der Waals surface area contributed by atoms with Crippen molar-refractivity contribution in [2.75, 3.05) is 0 Å². The number of carboxylic acid groups (broad SMARTS) is 1. The van der Waals surface area contributed by atoms with E-state index in [0.29, 0.717) is 5.69 Å². The summed E-state index contributed by atoms with van der Waals surface area (Å²) in [6.45, 7) is 4.11. The Bertz CT molecular complexity index is 534. The van der Waals surface area contributed by atoms with Gasteiger partial charge in [-0.15, -0.1) is 0 Å². The highest BCUT2D eigenvalue weighted by Gasteiger charge is 2.42. The second-order valence-electron chi connectivity index (χ2n) is 4.34. The summed E-state index contributed by atoms with van der Waals surface area (Å²) >= 11 is 0. The third-order valence-electron chi connectivity index (χ3n) is 2.74. The fraction of sp³-hybridized carbons (Fsp3) is 0.455. The molecule has 94 valence electrons. The minimum absolute atomic E-state index is 0.362. The molecule has 1 aromatic heterocycles. The van der Waals surface area contributed by atoms with Gasteiger partial charge in [-0.3, -0.25) is 9.78 Å². The number of pyridine rings is 1. The number of sulfone groups is 1. The molecule has 0 radical (unpaired) electrons. The monoisotopic (exact) mass is 257 g/mol. The van der Waals surface area contributed by atoms with Gasteiger partial charge < -0.3 is 5.11 Å². The van der Waals surface area contributed by atoms with E-state index in [1.54, 1.807) is 19.1 Å². The molecule has 1 rings (SSSR count). The van der Waals surface area contributed by atoms with Gasteiger partial charge in [-0.25, -0.2) is 8.42 Å². The van der Waals surface area contributed by atoms with E-state index in [2.05, 4.69) is 4.98 Å². The number of aryl methyl sites for hydroxylation is 1. The molecule has 6 heteroatoms. The maximum Gasteiger partial charge on any atom is 0.324 e. The third kappa shape index (κ3) is 2.63. The molecule has 0 aliphatic carbocycles. The van der Waals surface area contributed by atoms with E-state index in [-0.39, 0.29) is 5.75 Å². The summed E-state index contributed by atoms with van der Waals surface area (Å²) in [5, 5.41) is 8.92. The zero-order chi connectivity index (χ0) is 13.3. The van der Waals surface area contributed by atoms with Gasteiger partial charge in [-0.1, -0.05) is 6.07 Å². The first-order chi connectivity index (χ1) is 7.68. The molecular formula is C11H15NO4S. The quantitative estimate of drug-likeness (QED) is 0.875. The van der Waals surface area contributed by atoms with Crippen LogP contribution in [0.2, 0.25) is 0 Å².